The van der Waals surface area contributed by atoms with Crippen molar-refractivity contribution in [1.82, 2.24) is 15.0 Å². The summed E-state index contributed by atoms with van der Waals surface area (Å²) in [5.41, 5.74) is 1.04. The van der Waals surface area contributed by atoms with E-state index in [9.17, 15) is 0 Å². The van der Waals surface area contributed by atoms with E-state index in [0.717, 1.165) is 36.0 Å². The van der Waals surface area contributed by atoms with E-state index in [1.807, 2.05) is 42.5 Å². The van der Waals surface area contributed by atoms with E-state index < -0.39 is 0 Å². The van der Waals surface area contributed by atoms with Crippen LogP contribution in [0, 0.1) is 0 Å². The van der Waals surface area contributed by atoms with E-state index in [4.69, 9.17) is 9.47 Å². The van der Waals surface area contributed by atoms with Crippen LogP contribution in [0.3, 0.4) is 0 Å². The lowest BCUT2D eigenvalue weighted by Crippen LogP contribution is -2.30. The van der Waals surface area contributed by atoms with E-state index in [1.54, 1.807) is 19.6 Å². The fraction of sp³-hybridized carbons (Fsp3) is 0.318. The highest BCUT2D eigenvalue weighted by atomic mass is 16.5. The lowest BCUT2D eigenvalue weighted by Gasteiger charge is -2.27. The Morgan fingerprint density at radius 1 is 0.966 bits per heavy atom. The fourth-order valence-corrected chi connectivity index (χ4v) is 3.29. The first-order valence-corrected chi connectivity index (χ1v) is 9.88. The van der Waals surface area contributed by atoms with Gasteiger partial charge in [0, 0.05) is 44.0 Å². The molecule has 1 saturated heterocycles. The Labute approximate surface area is 170 Å². The van der Waals surface area contributed by atoms with Crippen LogP contribution in [0.4, 0.5) is 11.6 Å². The first-order chi connectivity index (χ1) is 14.3. The number of rotatable bonds is 7. The van der Waals surface area contributed by atoms with Crippen LogP contribution in [0.5, 0.6) is 17.4 Å². The van der Waals surface area contributed by atoms with Gasteiger partial charge in [0.15, 0.2) is 0 Å². The number of hydrogen-bond donors (Lipinski definition) is 1. The van der Waals surface area contributed by atoms with Crippen molar-refractivity contribution in [2.45, 2.75) is 25.8 Å². The van der Waals surface area contributed by atoms with E-state index in [0.29, 0.717) is 18.2 Å². The number of anilines is 2. The van der Waals surface area contributed by atoms with E-state index in [1.165, 1.54) is 19.3 Å². The Hall–Kier alpha value is -3.35. The monoisotopic (exact) mass is 391 g/mol. The van der Waals surface area contributed by atoms with Crippen molar-refractivity contribution in [3.8, 4) is 17.4 Å². The van der Waals surface area contributed by atoms with Gasteiger partial charge in [-0.3, -0.25) is 0 Å². The maximum atomic E-state index is 5.78. The summed E-state index contributed by atoms with van der Waals surface area (Å²) in [6.45, 7) is 2.76. The Morgan fingerprint density at radius 3 is 2.62 bits per heavy atom. The third-order valence-corrected chi connectivity index (χ3v) is 4.87. The summed E-state index contributed by atoms with van der Waals surface area (Å²) in [6, 6.07) is 13.3. The van der Waals surface area contributed by atoms with Gasteiger partial charge in [-0.1, -0.05) is 12.1 Å². The van der Waals surface area contributed by atoms with Crippen LogP contribution in [0.1, 0.15) is 24.8 Å². The minimum Gasteiger partial charge on any atom is -0.497 e. The average molecular weight is 391 g/mol. The highest BCUT2D eigenvalue weighted by Gasteiger charge is 2.12. The van der Waals surface area contributed by atoms with Crippen molar-refractivity contribution >= 4 is 11.6 Å². The largest absolute Gasteiger partial charge is 0.497 e. The molecule has 1 fully saturated rings. The van der Waals surface area contributed by atoms with Gasteiger partial charge in [-0.05, 0) is 37.0 Å². The first-order valence-electron chi connectivity index (χ1n) is 9.88. The smallest absolute Gasteiger partial charge is 0.219 e. The van der Waals surface area contributed by atoms with Gasteiger partial charge in [0.1, 0.15) is 29.5 Å². The third-order valence-electron chi connectivity index (χ3n) is 4.87. The molecule has 1 aliphatic heterocycles. The summed E-state index contributed by atoms with van der Waals surface area (Å²) < 4.78 is 11.0. The Morgan fingerprint density at radius 2 is 1.83 bits per heavy atom. The van der Waals surface area contributed by atoms with Crippen LogP contribution in [0.15, 0.2) is 55.0 Å². The molecule has 4 rings (SSSR count). The van der Waals surface area contributed by atoms with Gasteiger partial charge >= 0.3 is 0 Å². The molecule has 1 N–H and O–H groups in total. The van der Waals surface area contributed by atoms with Crippen molar-refractivity contribution in [2.24, 2.45) is 0 Å². The molecule has 150 valence electrons. The molecule has 7 nitrogen and oxygen atoms in total. The van der Waals surface area contributed by atoms with Crippen molar-refractivity contribution in [2.75, 3.05) is 30.4 Å². The van der Waals surface area contributed by atoms with Crippen LogP contribution in [0.25, 0.3) is 0 Å². The number of pyridine rings is 1. The van der Waals surface area contributed by atoms with Crippen molar-refractivity contribution < 1.29 is 9.47 Å². The predicted octanol–water partition coefficient (Wildman–Crippen LogP) is 4.27. The minimum atomic E-state index is 0.538. The van der Waals surface area contributed by atoms with Gasteiger partial charge in [-0.25, -0.2) is 15.0 Å². The zero-order valence-electron chi connectivity index (χ0n) is 16.5. The summed E-state index contributed by atoms with van der Waals surface area (Å²) in [5, 5.41) is 3.35. The number of nitrogens with one attached hydrogen (secondary N) is 1. The van der Waals surface area contributed by atoms with Gasteiger partial charge in [0.05, 0.1) is 7.11 Å². The summed E-state index contributed by atoms with van der Waals surface area (Å²) in [6.07, 6.45) is 7.17. The van der Waals surface area contributed by atoms with Crippen LogP contribution in [0.2, 0.25) is 0 Å². The summed E-state index contributed by atoms with van der Waals surface area (Å²) >= 11 is 0. The second-order valence-electron chi connectivity index (χ2n) is 6.95. The molecule has 0 spiro atoms. The van der Waals surface area contributed by atoms with Gasteiger partial charge in [0.25, 0.3) is 0 Å². The molecule has 0 bridgehead atoms. The standard InChI is InChI=1S/C22H25N5O2/c1-28-18-6-5-7-19(12-18)29-22-9-8-17(15-24-22)14-23-20-13-21(26-16-25-20)27-10-3-2-4-11-27/h5-9,12-13,15-16H,2-4,10-11,14H2,1H3,(H,23,25,26). The lowest BCUT2D eigenvalue weighted by atomic mass is 10.1. The Kier molecular flexibility index (Phi) is 6.04. The fourth-order valence-electron chi connectivity index (χ4n) is 3.29. The number of hydrogen-bond acceptors (Lipinski definition) is 7. The molecular weight excluding hydrogens is 366 g/mol. The number of aromatic nitrogens is 3. The lowest BCUT2D eigenvalue weighted by molar-refractivity contribution is 0.407. The zero-order valence-corrected chi connectivity index (χ0v) is 16.5. The molecule has 1 aliphatic rings. The highest BCUT2D eigenvalue weighted by molar-refractivity contribution is 5.49. The van der Waals surface area contributed by atoms with Crippen LogP contribution in [-0.2, 0) is 6.54 Å². The second kappa shape index (κ2) is 9.23. The number of benzene rings is 1. The normalized spacial score (nSPS) is 13.8. The molecule has 3 aromatic rings. The van der Waals surface area contributed by atoms with Gasteiger partial charge in [-0.15, -0.1) is 0 Å². The average Bonchev–Trinajstić information content (AvgIpc) is 2.79. The maximum absolute atomic E-state index is 5.78. The molecule has 2 aromatic heterocycles. The van der Waals surface area contributed by atoms with Crippen LogP contribution in [-0.4, -0.2) is 35.2 Å². The number of methoxy groups -OCH3 is 1. The molecule has 7 heteroatoms. The summed E-state index contributed by atoms with van der Waals surface area (Å²) in [5.74, 6) is 3.78. The minimum absolute atomic E-state index is 0.538. The molecule has 29 heavy (non-hydrogen) atoms. The van der Waals surface area contributed by atoms with Crippen LogP contribution >= 0.6 is 0 Å². The van der Waals surface area contributed by atoms with Gasteiger partial charge in [-0.2, -0.15) is 0 Å². The first kappa shape index (κ1) is 19.0. The quantitative estimate of drug-likeness (QED) is 0.644. The molecule has 3 heterocycles. The second-order valence-corrected chi connectivity index (χ2v) is 6.95. The van der Waals surface area contributed by atoms with E-state index in [-0.39, 0.29) is 0 Å². The molecule has 0 unspecified atom stereocenters. The molecule has 1 aromatic carbocycles. The predicted molar refractivity (Wildman–Crippen MR) is 113 cm³/mol. The number of piperidine rings is 1. The van der Waals surface area contributed by atoms with Gasteiger partial charge < -0.3 is 19.7 Å². The molecule has 0 radical (unpaired) electrons. The van der Waals surface area contributed by atoms with Crippen LogP contribution < -0.4 is 19.7 Å². The molecule has 0 atom stereocenters. The zero-order chi connectivity index (χ0) is 19.9. The molecule has 0 aliphatic carbocycles. The van der Waals surface area contributed by atoms with Crippen molar-refractivity contribution in [3.05, 3.63) is 60.6 Å². The number of nitrogens with zero attached hydrogens (tertiary/aromatic N) is 4. The summed E-state index contributed by atoms with van der Waals surface area (Å²) in [4.78, 5) is 15.5. The molecule has 0 saturated carbocycles. The molecule has 0 amide bonds. The van der Waals surface area contributed by atoms with E-state index in [2.05, 4.69) is 25.2 Å². The Bertz CT molecular complexity index is 926. The van der Waals surface area contributed by atoms with E-state index >= 15 is 0 Å². The molecular formula is C22H25N5O2. The summed E-state index contributed by atoms with van der Waals surface area (Å²) in [7, 11) is 1.63. The topological polar surface area (TPSA) is 72.4 Å². The maximum Gasteiger partial charge on any atom is 0.219 e. The number of ether oxygens (including phenoxy) is 2. The van der Waals surface area contributed by atoms with Crippen molar-refractivity contribution in [1.29, 1.82) is 0 Å². The Balaban J connectivity index is 1.34. The highest BCUT2D eigenvalue weighted by Crippen LogP contribution is 2.24. The SMILES string of the molecule is COc1cccc(Oc2ccc(CNc3cc(N4CCCCC4)ncn3)cn2)c1. The third kappa shape index (κ3) is 5.13. The van der Waals surface area contributed by atoms with Gasteiger partial charge in [0.2, 0.25) is 5.88 Å². The van der Waals surface area contributed by atoms with Crippen molar-refractivity contribution in [3.63, 3.8) is 0 Å².